The molecule has 0 atom stereocenters. The van der Waals surface area contributed by atoms with Gasteiger partial charge in [0.1, 0.15) is 12.4 Å². The Labute approximate surface area is 118 Å². The third-order valence-corrected chi connectivity index (χ3v) is 3.52. The van der Waals surface area contributed by atoms with Crippen molar-refractivity contribution in [1.82, 2.24) is 9.78 Å². The SMILES string of the molecule is CCn1nc(C)c(Cl)c1COc1cc(N)ccc1C. The van der Waals surface area contributed by atoms with Gasteiger partial charge in [0.05, 0.1) is 16.4 Å². The molecular weight excluding hydrogens is 262 g/mol. The summed E-state index contributed by atoms with van der Waals surface area (Å²) in [7, 11) is 0. The molecular formula is C14H18ClN3O. The Hall–Kier alpha value is -1.68. The number of halogens is 1. The van der Waals surface area contributed by atoms with Gasteiger partial charge in [0.25, 0.3) is 0 Å². The summed E-state index contributed by atoms with van der Waals surface area (Å²) in [4.78, 5) is 0. The number of rotatable bonds is 4. The number of aryl methyl sites for hydroxylation is 3. The van der Waals surface area contributed by atoms with E-state index >= 15 is 0 Å². The summed E-state index contributed by atoms with van der Waals surface area (Å²) >= 11 is 6.24. The van der Waals surface area contributed by atoms with Crippen LogP contribution in [0.15, 0.2) is 18.2 Å². The quantitative estimate of drug-likeness (QED) is 0.874. The maximum absolute atomic E-state index is 6.24. The van der Waals surface area contributed by atoms with Crippen LogP contribution in [0.5, 0.6) is 5.75 Å². The Kier molecular flexibility index (Phi) is 4.00. The van der Waals surface area contributed by atoms with E-state index < -0.39 is 0 Å². The summed E-state index contributed by atoms with van der Waals surface area (Å²) in [6.07, 6.45) is 0. The first-order chi connectivity index (χ1) is 9.02. The van der Waals surface area contributed by atoms with Crippen LogP contribution in [0.1, 0.15) is 23.9 Å². The van der Waals surface area contributed by atoms with E-state index in [0.29, 0.717) is 17.3 Å². The number of aromatic nitrogens is 2. The highest BCUT2D eigenvalue weighted by Gasteiger charge is 2.13. The van der Waals surface area contributed by atoms with Gasteiger partial charge in [0.15, 0.2) is 0 Å². The summed E-state index contributed by atoms with van der Waals surface area (Å²) < 4.78 is 7.68. The average Bonchev–Trinajstić information content (AvgIpc) is 2.66. The molecule has 0 fully saturated rings. The fourth-order valence-electron chi connectivity index (χ4n) is 1.93. The first-order valence-corrected chi connectivity index (χ1v) is 6.61. The Morgan fingerprint density at radius 1 is 1.37 bits per heavy atom. The van der Waals surface area contributed by atoms with E-state index in [1.807, 2.05) is 43.7 Å². The van der Waals surface area contributed by atoms with E-state index in [-0.39, 0.29) is 0 Å². The minimum absolute atomic E-state index is 0.387. The lowest BCUT2D eigenvalue weighted by Gasteiger charge is -2.11. The van der Waals surface area contributed by atoms with Gasteiger partial charge >= 0.3 is 0 Å². The monoisotopic (exact) mass is 279 g/mol. The third kappa shape index (κ3) is 2.84. The van der Waals surface area contributed by atoms with Crippen LogP contribution in [0, 0.1) is 13.8 Å². The fraction of sp³-hybridized carbons (Fsp3) is 0.357. The standard InChI is InChI=1S/C14H18ClN3O/c1-4-18-12(14(15)10(3)17-18)8-19-13-7-11(16)6-5-9(13)2/h5-7H,4,8,16H2,1-3H3. The van der Waals surface area contributed by atoms with Crippen molar-refractivity contribution in [2.75, 3.05) is 5.73 Å². The predicted molar refractivity (Wildman–Crippen MR) is 77.6 cm³/mol. The van der Waals surface area contributed by atoms with Crippen molar-refractivity contribution in [3.63, 3.8) is 0 Å². The van der Waals surface area contributed by atoms with Crippen LogP contribution < -0.4 is 10.5 Å². The number of hydrogen-bond acceptors (Lipinski definition) is 3. The zero-order chi connectivity index (χ0) is 14.0. The molecule has 0 unspecified atom stereocenters. The van der Waals surface area contributed by atoms with Crippen molar-refractivity contribution in [2.45, 2.75) is 33.9 Å². The van der Waals surface area contributed by atoms with E-state index in [4.69, 9.17) is 22.1 Å². The van der Waals surface area contributed by atoms with Gasteiger partial charge in [-0.15, -0.1) is 0 Å². The topological polar surface area (TPSA) is 53.1 Å². The third-order valence-electron chi connectivity index (χ3n) is 3.03. The molecule has 2 N–H and O–H groups in total. The first kappa shape index (κ1) is 13.7. The second-order valence-electron chi connectivity index (χ2n) is 4.48. The molecule has 0 saturated carbocycles. The van der Waals surface area contributed by atoms with Gasteiger partial charge in [0.2, 0.25) is 0 Å². The van der Waals surface area contributed by atoms with Gasteiger partial charge in [-0.05, 0) is 32.4 Å². The van der Waals surface area contributed by atoms with Gasteiger partial charge in [-0.2, -0.15) is 5.10 Å². The van der Waals surface area contributed by atoms with E-state index in [1.54, 1.807) is 0 Å². The molecule has 102 valence electrons. The van der Waals surface area contributed by atoms with E-state index in [2.05, 4.69) is 5.10 Å². The second-order valence-corrected chi connectivity index (χ2v) is 4.85. The first-order valence-electron chi connectivity index (χ1n) is 6.23. The van der Waals surface area contributed by atoms with Crippen LogP contribution in [-0.2, 0) is 13.2 Å². The van der Waals surface area contributed by atoms with Gasteiger partial charge < -0.3 is 10.5 Å². The molecule has 0 aliphatic carbocycles. The fourth-order valence-corrected chi connectivity index (χ4v) is 2.12. The number of benzene rings is 1. The lowest BCUT2D eigenvalue weighted by atomic mass is 10.2. The van der Waals surface area contributed by atoms with Gasteiger partial charge in [0, 0.05) is 18.3 Å². The smallest absolute Gasteiger partial charge is 0.131 e. The Morgan fingerprint density at radius 2 is 2.11 bits per heavy atom. The average molecular weight is 280 g/mol. The zero-order valence-corrected chi connectivity index (χ0v) is 12.2. The zero-order valence-electron chi connectivity index (χ0n) is 11.4. The van der Waals surface area contributed by atoms with Crippen molar-refractivity contribution in [3.8, 4) is 5.75 Å². The molecule has 19 heavy (non-hydrogen) atoms. The molecule has 0 bridgehead atoms. The number of nitrogen functional groups attached to an aromatic ring is 1. The molecule has 0 amide bonds. The van der Waals surface area contributed by atoms with Crippen molar-refractivity contribution < 1.29 is 4.74 Å². The minimum atomic E-state index is 0.387. The van der Waals surface area contributed by atoms with Crippen molar-refractivity contribution in [2.24, 2.45) is 0 Å². The number of nitrogens with zero attached hydrogens (tertiary/aromatic N) is 2. The lowest BCUT2D eigenvalue weighted by molar-refractivity contribution is 0.291. The molecule has 2 aromatic rings. The summed E-state index contributed by atoms with van der Waals surface area (Å²) in [6.45, 7) is 7.06. The molecule has 4 nitrogen and oxygen atoms in total. The van der Waals surface area contributed by atoms with Crippen LogP contribution in [0.3, 0.4) is 0 Å². The molecule has 5 heteroatoms. The molecule has 0 aliphatic heterocycles. The highest BCUT2D eigenvalue weighted by Crippen LogP contribution is 2.25. The highest BCUT2D eigenvalue weighted by molar-refractivity contribution is 6.31. The van der Waals surface area contributed by atoms with Crippen molar-refractivity contribution in [3.05, 3.63) is 40.2 Å². The van der Waals surface area contributed by atoms with Crippen LogP contribution in [0.4, 0.5) is 5.69 Å². The predicted octanol–water partition coefficient (Wildman–Crippen LogP) is 3.33. The molecule has 1 aromatic carbocycles. The Morgan fingerprint density at radius 3 is 2.79 bits per heavy atom. The number of anilines is 1. The van der Waals surface area contributed by atoms with E-state index in [9.17, 15) is 0 Å². The number of ether oxygens (including phenoxy) is 1. The summed E-state index contributed by atoms with van der Waals surface area (Å²) in [5.41, 5.74) is 9.21. The van der Waals surface area contributed by atoms with Gasteiger partial charge in [-0.25, -0.2) is 0 Å². The lowest BCUT2D eigenvalue weighted by Crippen LogP contribution is -2.07. The van der Waals surface area contributed by atoms with Crippen LogP contribution in [-0.4, -0.2) is 9.78 Å². The van der Waals surface area contributed by atoms with E-state index in [1.165, 1.54) is 0 Å². The summed E-state index contributed by atoms with van der Waals surface area (Å²) in [5, 5.41) is 5.03. The molecule has 0 aliphatic rings. The Bertz CT molecular complexity index is 593. The van der Waals surface area contributed by atoms with Crippen LogP contribution >= 0.6 is 11.6 Å². The van der Waals surface area contributed by atoms with Gasteiger partial charge in [-0.3, -0.25) is 4.68 Å². The van der Waals surface area contributed by atoms with Gasteiger partial charge in [-0.1, -0.05) is 17.7 Å². The highest BCUT2D eigenvalue weighted by atomic mass is 35.5. The normalized spacial score (nSPS) is 10.7. The molecule has 0 spiro atoms. The maximum atomic E-state index is 6.24. The van der Waals surface area contributed by atoms with Crippen molar-refractivity contribution >= 4 is 17.3 Å². The summed E-state index contributed by atoms with van der Waals surface area (Å²) in [6, 6.07) is 5.62. The Balaban J connectivity index is 2.21. The number of hydrogen-bond donors (Lipinski definition) is 1. The molecule has 0 saturated heterocycles. The van der Waals surface area contributed by atoms with Crippen molar-refractivity contribution in [1.29, 1.82) is 0 Å². The molecule has 1 aromatic heterocycles. The molecule has 2 rings (SSSR count). The largest absolute Gasteiger partial charge is 0.487 e. The van der Waals surface area contributed by atoms with E-state index in [0.717, 1.165) is 29.2 Å². The maximum Gasteiger partial charge on any atom is 0.131 e. The number of nitrogens with two attached hydrogens (primary N) is 1. The van der Waals surface area contributed by atoms with Crippen LogP contribution in [0.2, 0.25) is 5.02 Å². The molecule has 1 heterocycles. The second kappa shape index (κ2) is 5.53. The molecule has 0 radical (unpaired) electrons. The summed E-state index contributed by atoms with van der Waals surface area (Å²) in [5.74, 6) is 0.776. The van der Waals surface area contributed by atoms with Crippen LogP contribution in [0.25, 0.3) is 0 Å². The minimum Gasteiger partial charge on any atom is -0.487 e.